The summed E-state index contributed by atoms with van der Waals surface area (Å²) in [6.45, 7) is 12.0. The Morgan fingerprint density at radius 2 is 1.95 bits per heavy atom. The number of rotatable bonds is 4. The van der Waals surface area contributed by atoms with Crippen LogP contribution in [0.3, 0.4) is 0 Å². The predicted octanol–water partition coefficient (Wildman–Crippen LogP) is 1.56. The molecule has 20 heavy (non-hydrogen) atoms. The van der Waals surface area contributed by atoms with Gasteiger partial charge in [0.1, 0.15) is 11.6 Å². The Labute approximate surface area is 122 Å². The zero-order valence-electron chi connectivity index (χ0n) is 13.7. The molecule has 5 heteroatoms. The molecular formula is C15H28N2O3. The highest BCUT2D eigenvalue weighted by Crippen LogP contribution is 2.32. The van der Waals surface area contributed by atoms with Crippen LogP contribution in [0.15, 0.2) is 0 Å². The molecule has 0 aromatic heterocycles. The third-order valence-electron chi connectivity index (χ3n) is 4.18. The average Bonchev–Trinajstić information content (AvgIpc) is 2.32. The van der Waals surface area contributed by atoms with E-state index in [0.29, 0.717) is 13.0 Å². The second-order valence-electron chi connectivity index (χ2n) is 6.91. The summed E-state index contributed by atoms with van der Waals surface area (Å²) in [5.74, 6) is -0.103. The number of hydrogen-bond donors (Lipinski definition) is 1. The third kappa shape index (κ3) is 2.82. The maximum absolute atomic E-state index is 12.9. The van der Waals surface area contributed by atoms with Crippen molar-refractivity contribution in [2.75, 3.05) is 13.7 Å². The van der Waals surface area contributed by atoms with E-state index in [0.717, 1.165) is 0 Å². The van der Waals surface area contributed by atoms with E-state index in [1.54, 1.807) is 12.0 Å². The maximum Gasteiger partial charge on any atom is 0.246 e. The lowest BCUT2D eigenvalue weighted by Crippen LogP contribution is -2.73. The normalized spacial score (nSPS) is 29.4. The first-order valence-electron chi connectivity index (χ1n) is 7.22. The van der Waals surface area contributed by atoms with Gasteiger partial charge in [-0.1, -0.05) is 27.7 Å². The fraction of sp³-hybridized carbons (Fsp3) is 0.867. The van der Waals surface area contributed by atoms with Gasteiger partial charge in [-0.25, -0.2) is 0 Å². The van der Waals surface area contributed by atoms with Crippen molar-refractivity contribution in [1.82, 2.24) is 10.2 Å². The summed E-state index contributed by atoms with van der Waals surface area (Å²) in [5.41, 5.74) is -1.12. The molecule has 2 amide bonds. The van der Waals surface area contributed by atoms with E-state index < -0.39 is 11.6 Å². The number of nitrogens with zero attached hydrogens (tertiary/aromatic N) is 1. The van der Waals surface area contributed by atoms with E-state index in [9.17, 15) is 9.59 Å². The topological polar surface area (TPSA) is 58.6 Å². The van der Waals surface area contributed by atoms with Crippen LogP contribution in [-0.4, -0.2) is 48.1 Å². The lowest BCUT2D eigenvalue weighted by molar-refractivity contribution is -0.164. The second kappa shape index (κ2) is 5.72. The SMILES string of the molecule is CCC1(C)C(=O)NC(C(C)(C)C)C(=O)N1C(C)COC. The summed E-state index contributed by atoms with van der Waals surface area (Å²) in [6.07, 6.45) is 0.579. The molecule has 0 aliphatic carbocycles. The summed E-state index contributed by atoms with van der Waals surface area (Å²) in [4.78, 5) is 27.1. The molecule has 1 saturated heterocycles. The standard InChI is InChI=1S/C15H28N2O3/c1-8-15(6)13(19)16-11(14(3,4)5)12(18)17(15)10(2)9-20-7/h10-11H,8-9H2,1-7H3,(H,16,19). The molecule has 0 radical (unpaired) electrons. The number of ether oxygens (including phenoxy) is 1. The van der Waals surface area contributed by atoms with Crippen LogP contribution in [-0.2, 0) is 14.3 Å². The van der Waals surface area contributed by atoms with Crippen LogP contribution >= 0.6 is 0 Å². The fourth-order valence-corrected chi connectivity index (χ4v) is 2.78. The molecule has 0 aromatic rings. The predicted molar refractivity (Wildman–Crippen MR) is 78.3 cm³/mol. The van der Waals surface area contributed by atoms with Crippen molar-refractivity contribution in [3.8, 4) is 0 Å². The Kier molecular flexibility index (Phi) is 4.85. The van der Waals surface area contributed by atoms with Gasteiger partial charge >= 0.3 is 0 Å². The van der Waals surface area contributed by atoms with Gasteiger partial charge in [-0.05, 0) is 25.7 Å². The zero-order chi connectivity index (χ0) is 15.7. The quantitative estimate of drug-likeness (QED) is 0.852. The van der Waals surface area contributed by atoms with E-state index in [4.69, 9.17) is 4.74 Å². The fourth-order valence-electron chi connectivity index (χ4n) is 2.78. The minimum Gasteiger partial charge on any atom is -0.383 e. The first-order valence-corrected chi connectivity index (χ1v) is 7.22. The molecule has 0 aromatic carbocycles. The number of carbonyl (C=O) groups excluding carboxylic acids is 2. The Balaban J connectivity index is 3.22. The summed E-state index contributed by atoms with van der Waals surface area (Å²) in [7, 11) is 1.61. The number of nitrogens with one attached hydrogen (secondary N) is 1. The lowest BCUT2D eigenvalue weighted by atomic mass is 9.80. The minimum absolute atomic E-state index is 0.0222. The zero-order valence-corrected chi connectivity index (χ0v) is 13.7. The molecule has 1 aliphatic heterocycles. The third-order valence-corrected chi connectivity index (χ3v) is 4.18. The highest BCUT2D eigenvalue weighted by Gasteiger charge is 2.52. The molecule has 5 nitrogen and oxygen atoms in total. The van der Waals surface area contributed by atoms with Crippen molar-refractivity contribution < 1.29 is 14.3 Å². The van der Waals surface area contributed by atoms with Crippen LogP contribution in [0.2, 0.25) is 0 Å². The van der Waals surface area contributed by atoms with Gasteiger partial charge in [-0.15, -0.1) is 0 Å². The first-order chi connectivity index (χ1) is 9.09. The Morgan fingerprint density at radius 3 is 2.35 bits per heavy atom. The monoisotopic (exact) mass is 284 g/mol. The highest BCUT2D eigenvalue weighted by atomic mass is 16.5. The van der Waals surface area contributed by atoms with Gasteiger partial charge in [0, 0.05) is 7.11 Å². The number of amides is 2. The maximum atomic E-state index is 12.9. The Morgan fingerprint density at radius 1 is 1.40 bits per heavy atom. The van der Waals surface area contributed by atoms with Crippen molar-refractivity contribution in [3.05, 3.63) is 0 Å². The summed E-state index contributed by atoms with van der Waals surface area (Å²) in [5, 5.41) is 2.90. The molecule has 1 heterocycles. The van der Waals surface area contributed by atoms with Gasteiger partial charge in [0.25, 0.3) is 0 Å². The van der Waals surface area contributed by atoms with Crippen molar-refractivity contribution >= 4 is 11.8 Å². The molecule has 1 aliphatic rings. The van der Waals surface area contributed by atoms with Crippen molar-refractivity contribution in [2.24, 2.45) is 5.41 Å². The second-order valence-corrected chi connectivity index (χ2v) is 6.91. The lowest BCUT2D eigenvalue weighted by Gasteiger charge is -2.51. The molecule has 1 N–H and O–H groups in total. The van der Waals surface area contributed by atoms with Gasteiger partial charge < -0.3 is 15.0 Å². The molecule has 0 spiro atoms. The Bertz CT molecular complexity index is 389. The summed E-state index contributed by atoms with van der Waals surface area (Å²) >= 11 is 0. The number of carbonyl (C=O) groups is 2. The largest absolute Gasteiger partial charge is 0.383 e. The molecule has 1 fully saturated rings. The molecule has 3 atom stereocenters. The van der Waals surface area contributed by atoms with Crippen LogP contribution in [0.5, 0.6) is 0 Å². The van der Waals surface area contributed by atoms with Crippen LogP contribution in [0.4, 0.5) is 0 Å². The van der Waals surface area contributed by atoms with E-state index in [1.807, 2.05) is 41.5 Å². The van der Waals surface area contributed by atoms with Gasteiger partial charge in [0.2, 0.25) is 11.8 Å². The van der Waals surface area contributed by atoms with Gasteiger partial charge in [-0.3, -0.25) is 9.59 Å². The van der Waals surface area contributed by atoms with Crippen molar-refractivity contribution in [3.63, 3.8) is 0 Å². The molecule has 0 saturated carbocycles. The van der Waals surface area contributed by atoms with E-state index in [2.05, 4.69) is 5.32 Å². The number of hydrogen-bond acceptors (Lipinski definition) is 3. The van der Waals surface area contributed by atoms with Gasteiger partial charge in [0.15, 0.2) is 0 Å². The minimum atomic E-state index is -0.809. The average molecular weight is 284 g/mol. The van der Waals surface area contributed by atoms with Crippen LogP contribution < -0.4 is 5.32 Å². The van der Waals surface area contributed by atoms with Crippen molar-refractivity contribution in [1.29, 1.82) is 0 Å². The molecular weight excluding hydrogens is 256 g/mol. The van der Waals surface area contributed by atoms with Crippen LogP contribution in [0.25, 0.3) is 0 Å². The molecule has 1 rings (SSSR count). The van der Waals surface area contributed by atoms with Gasteiger partial charge in [-0.2, -0.15) is 0 Å². The molecule has 3 unspecified atom stereocenters. The smallest absolute Gasteiger partial charge is 0.246 e. The summed E-state index contributed by atoms with van der Waals surface area (Å²) < 4.78 is 5.17. The number of methoxy groups -OCH3 is 1. The number of piperazine rings is 1. The Hall–Kier alpha value is -1.10. The van der Waals surface area contributed by atoms with Crippen LogP contribution in [0, 0.1) is 5.41 Å². The first kappa shape index (κ1) is 17.0. The highest BCUT2D eigenvalue weighted by molar-refractivity contribution is 6.00. The van der Waals surface area contributed by atoms with Crippen molar-refractivity contribution in [2.45, 2.75) is 65.6 Å². The van der Waals surface area contributed by atoms with E-state index in [1.165, 1.54) is 0 Å². The van der Waals surface area contributed by atoms with Crippen LogP contribution in [0.1, 0.15) is 48.0 Å². The van der Waals surface area contributed by atoms with E-state index >= 15 is 0 Å². The molecule has 116 valence electrons. The van der Waals surface area contributed by atoms with Gasteiger partial charge in [0.05, 0.1) is 12.6 Å². The van der Waals surface area contributed by atoms with E-state index in [-0.39, 0.29) is 23.3 Å². The molecule has 0 bridgehead atoms. The summed E-state index contributed by atoms with van der Waals surface area (Å²) in [6, 6.07) is -0.623.